The molecule has 128 valence electrons. The van der Waals surface area contributed by atoms with Crippen LogP contribution in [0.5, 0.6) is 0 Å². The molecule has 6 heteroatoms. The normalized spacial score (nSPS) is 14.0. The molecule has 1 amide bonds. The van der Waals surface area contributed by atoms with Crippen LogP contribution in [0.15, 0.2) is 40.0 Å². The molecule has 0 spiro atoms. The summed E-state index contributed by atoms with van der Waals surface area (Å²) in [7, 11) is 0. The van der Waals surface area contributed by atoms with Crippen molar-refractivity contribution >= 4 is 40.8 Å². The van der Waals surface area contributed by atoms with Crippen molar-refractivity contribution in [3.63, 3.8) is 0 Å². The van der Waals surface area contributed by atoms with E-state index in [-0.39, 0.29) is 28.3 Å². The van der Waals surface area contributed by atoms with Gasteiger partial charge < -0.3 is 4.74 Å². The van der Waals surface area contributed by atoms with Crippen LogP contribution >= 0.6 is 23.2 Å². The number of anilines is 1. The Balaban J connectivity index is 2.63. The van der Waals surface area contributed by atoms with Gasteiger partial charge in [-0.25, -0.2) is 4.79 Å². The number of aryl methyl sites for hydroxylation is 2. The molecule has 0 aromatic heterocycles. The number of benzene rings is 1. The van der Waals surface area contributed by atoms with Gasteiger partial charge in [0.1, 0.15) is 4.49 Å². The average Bonchev–Trinajstić information content (AvgIpc) is 2.91. The van der Waals surface area contributed by atoms with E-state index in [0.29, 0.717) is 0 Å². The predicted octanol–water partition coefficient (Wildman–Crippen LogP) is 4.29. The number of rotatable bonds is 5. The number of para-hydroxylation sites is 1. The summed E-state index contributed by atoms with van der Waals surface area (Å²) < 4.78 is 4.87. The molecule has 4 nitrogen and oxygen atoms in total. The summed E-state index contributed by atoms with van der Waals surface area (Å²) in [6.07, 6.45) is 2.69. The number of halogens is 2. The Kier molecular flexibility index (Phi) is 6.08. The minimum Gasteiger partial charge on any atom is -0.462 e. The van der Waals surface area contributed by atoms with E-state index in [1.165, 1.54) is 11.0 Å². The van der Waals surface area contributed by atoms with Gasteiger partial charge in [0.25, 0.3) is 5.91 Å². The van der Waals surface area contributed by atoms with Crippen molar-refractivity contribution in [3.05, 3.63) is 51.2 Å². The van der Waals surface area contributed by atoms with Crippen LogP contribution < -0.4 is 4.90 Å². The zero-order valence-corrected chi connectivity index (χ0v) is 15.4. The van der Waals surface area contributed by atoms with Gasteiger partial charge in [-0.1, -0.05) is 55.2 Å². The lowest BCUT2D eigenvalue weighted by atomic mass is 10.0. The van der Waals surface area contributed by atoms with Crippen LogP contribution in [0.25, 0.3) is 0 Å². The van der Waals surface area contributed by atoms with Gasteiger partial charge in [0, 0.05) is 6.08 Å². The molecule has 0 N–H and O–H groups in total. The molecule has 1 aliphatic heterocycles. The Morgan fingerprint density at radius 3 is 2.17 bits per heavy atom. The molecular weight excluding hydrogens is 349 g/mol. The minimum absolute atomic E-state index is 0.0785. The van der Waals surface area contributed by atoms with Gasteiger partial charge >= 0.3 is 5.97 Å². The molecule has 0 unspecified atom stereocenters. The number of amides is 1. The third kappa shape index (κ3) is 3.35. The van der Waals surface area contributed by atoms with Gasteiger partial charge in [0.2, 0.25) is 0 Å². The number of ether oxygens (including phenoxy) is 1. The van der Waals surface area contributed by atoms with Gasteiger partial charge in [-0.15, -0.1) is 0 Å². The maximum Gasteiger partial charge on any atom is 0.340 e. The molecule has 0 atom stereocenters. The Morgan fingerprint density at radius 1 is 1.12 bits per heavy atom. The van der Waals surface area contributed by atoms with Crippen molar-refractivity contribution in [2.75, 3.05) is 11.5 Å². The fourth-order valence-corrected chi connectivity index (χ4v) is 3.13. The van der Waals surface area contributed by atoms with Crippen molar-refractivity contribution in [1.29, 1.82) is 0 Å². The Bertz CT molecular complexity index is 712. The Hall–Kier alpha value is -1.78. The minimum atomic E-state index is -0.617. The van der Waals surface area contributed by atoms with E-state index in [9.17, 15) is 9.59 Å². The topological polar surface area (TPSA) is 46.6 Å². The molecule has 0 saturated heterocycles. The maximum absolute atomic E-state index is 12.6. The van der Waals surface area contributed by atoms with Gasteiger partial charge in [-0.3, -0.25) is 9.69 Å². The summed E-state index contributed by atoms with van der Waals surface area (Å²) in [6.45, 7) is 5.90. The van der Waals surface area contributed by atoms with Crippen molar-refractivity contribution in [3.8, 4) is 0 Å². The summed E-state index contributed by atoms with van der Waals surface area (Å²) in [6, 6.07) is 5.85. The van der Waals surface area contributed by atoms with E-state index < -0.39 is 5.97 Å². The second-order valence-electron chi connectivity index (χ2n) is 5.19. The first kappa shape index (κ1) is 18.6. The van der Waals surface area contributed by atoms with Crippen molar-refractivity contribution in [1.82, 2.24) is 0 Å². The molecule has 1 aromatic carbocycles. The molecule has 1 aliphatic rings. The average molecular weight is 368 g/mol. The summed E-state index contributed by atoms with van der Waals surface area (Å²) >= 11 is 12.1. The Morgan fingerprint density at radius 2 is 1.71 bits per heavy atom. The van der Waals surface area contributed by atoms with Crippen LogP contribution in [0.1, 0.15) is 31.9 Å². The van der Waals surface area contributed by atoms with Crippen LogP contribution in [0.4, 0.5) is 5.69 Å². The molecule has 2 rings (SSSR count). The quantitative estimate of drug-likeness (QED) is 0.729. The number of esters is 1. The first-order chi connectivity index (χ1) is 11.5. The summed E-state index contributed by atoms with van der Waals surface area (Å²) in [5.41, 5.74) is 2.95. The molecule has 1 heterocycles. The summed E-state index contributed by atoms with van der Waals surface area (Å²) in [4.78, 5) is 26.2. The van der Waals surface area contributed by atoms with Crippen LogP contribution in [0.3, 0.4) is 0 Å². The van der Waals surface area contributed by atoms with Gasteiger partial charge in [-0.05, 0) is 30.9 Å². The van der Waals surface area contributed by atoms with Gasteiger partial charge in [0.05, 0.1) is 23.6 Å². The van der Waals surface area contributed by atoms with Crippen LogP contribution in [0.2, 0.25) is 0 Å². The molecule has 0 saturated carbocycles. The van der Waals surface area contributed by atoms with E-state index in [2.05, 4.69) is 0 Å². The van der Waals surface area contributed by atoms with E-state index in [0.717, 1.165) is 29.7 Å². The lowest BCUT2D eigenvalue weighted by Crippen LogP contribution is -2.27. The highest BCUT2D eigenvalue weighted by atomic mass is 35.5. The fraction of sp³-hybridized carbons (Fsp3) is 0.333. The third-order valence-corrected chi connectivity index (χ3v) is 4.19. The predicted molar refractivity (Wildman–Crippen MR) is 96.1 cm³/mol. The number of carbonyl (C=O) groups is 2. The first-order valence-corrected chi connectivity index (χ1v) is 8.61. The lowest BCUT2D eigenvalue weighted by Gasteiger charge is -2.25. The lowest BCUT2D eigenvalue weighted by molar-refractivity contribution is -0.138. The molecule has 0 radical (unpaired) electrons. The summed E-state index contributed by atoms with van der Waals surface area (Å²) in [5.74, 6) is -0.975. The van der Waals surface area contributed by atoms with Crippen molar-refractivity contribution < 1.29 is 14.3 Å². The number of hydrogen-bond acceptors (Lipinski definition) is 3. The zero-order valence-electron chi connectivity index (χ0n) is 13.9. The monoisotopic (exact) mass is 367 g/mol. The molecule has 1 aromatic rings. The van der Waals surface area contributed by atoms with E-state index in [4.69, 9.17) is 27.9 Å². The van der Waals surface area contributed by atoms with Crippen molar-refractivity contribution in [2.45, 2.75) is 33.6 Å². The molecular formula is C18H19Cl2NO3. The van der Waals surface area contributed by atoms with Gasteiger partial charge in [0.15, 0.2) is 0 Å². The van der Waals surface area contributed by atoms with E-state index in [1.54, 1.807) is 6.92 Å². The molecule has 24 heavy (non-hydrogen) atoms. The highest BCUT2D eigenvalue weighted by Gasteiger charge is 2.37. The van der Waals surface area contributed by atoms with Crippen LogP contribution in [-0.4, -0.2) is 18.5 Å². The highest BCUT2D eigenvalue weighted by Crippen LogP contribution is 2.39. The smallest absolute Gasteiger partial charge is 0.340 e. The first-order valence-electron chi connectivity index (χ1n) is 7.85. The standard InChI is InChI=1S/C18H19Cl2NO3/c1-4-11-8-7-9-12(5-2)15(11)21-14(22)10-13(16(21)17(19)20)18(23)24-6-3/h7-10H,4-6H2,1-3H3. The van der Waals surface area contributed by atoms with E-state index >= 15 is 0 Å². The summed E-state index contributed by atoms with van der Waals surface area (Å²) in [5, 5.41) is 0. The number of nitrogens with zero attached hydrogens (tertiary/aromatic N) is 1. The molecule has 0 aliphatic carbocycles. The second kappa shape index (κ2) is 7.86. The van der Waals surface area contributed by atoms with Crippen LogP contribution in [-0.2, 0) is 27.2 Å². The third-order valence-electron chi connectivity index (χ3n) is 3.83. The number of hydrogen-bond donors (Lipinski definition) is 0. The Labute approximate surface area is 151 Å². The molecule has 0 fully saturated rings. The SMILES string of the molecule is CCOC(=O)C1=CC(=O)N(c2c(CC)cccc2CC)C1=C(Cl)Cl. The van der Waals surface area contributed by atoms with Gasteiger partial charge in [-0.2, -0.15) is 0 Å². The largest absolute Gasteiger partial charge is 0.462 e. The zero-order chi connectivity index (χ0) is 17.9. The van der Waals surface area contributed by atoms with Crippen molar-refractivity contribution in [2.24, 2.45) is 0 Å². The fourth-order valence-electron chi connectivity index (χ4n) is 2.76. The molecule has 0 bridgehead atoms. The van der Waals surface area contributed by atoms with Crippen LogP contribution in [0, 0.1) is 0 Å². The second-order valence-corrected chi connectivity index (χ2v) is 6.14. The maximum atomic E-state index is 12.6. The highest BCUT2D eigenvalue weighted by molar-refractivity contribution is 6.57. The van der Waals surface area contributed by atoms with E-state index in [1.807, 2.05) is 32.0 Å². The number of carbonyl (C=O) groups excluding carboxylic acids is 2.